The summed E-state index contributed by atoms with van der Waals surface area (Å²) in [6, 6.07) is 0. The van der Waals surface area contributed by atoms with E-state index in [4.69, 9.17) is 0 Å². The predicted molar refractivity (Wildman–Crippen MR) is 95.8 cm³/mol. The maximum Gasteiger partial charge on any atom is 0.154 e. The predicted octanol–water partition coefficient (Wildman–Crippen LogP) is 1.25. The van der Waals surface area contributed by atoms with Crippen LogP contribution in [-0.2, 0) is 13.6 Å². The van der Waals surface area contributed by atoms with E-state index in [1.54, 1.807) is 17.3 Å². The number of piperidine rings is 1. The van der Waals surface area contributed by atoms with E-state index < -0.39 is 0 Å². The zero-order valence-corrected chi connectivity index (χ0v) is 15.4. The number of rotatable bonds is 4. The Morgan fingerprint density at radius 2 is 1.88 bits per heavy atom. The van der Waals surface area contributed by atoms with Gasteiger partial charge in [-0.3, -0.25) is 0 Å². The molecule has 0 spiro atoms. The van der Waals surface area contributed by atoms with Gasteiger partial charge in [0.05, 0.1) is 0 Å². The van der Waals surface area contributed by atoms with Crippen molar-refractivity contribution in [3.05, 3.63) is 41.9 Å². The third-order valence-electron chi connectivity index (χ3n) is 5.24. The zero-order chi connectivity index (χ0) is 18.1. The largest absolute Gasteiger partial charge is 0.356 e. The Morgan fingerprint density at radius 3 is 2.62 bits per heavy atom. The maximum absolute atomic E-state index is 4.49. The van der Waals surface area contributed by atoms with Crippen molar-refractivity contribution in [3.63, 3.8) is 0 Å². The van der Waals surface area contributed by atoms with Crippen molar-refractivity contribution in [2.75, 3.05) is 18.0 Å². The molecule has 136 valence electrons. The first-order valence-corrected chi connectivity index (χ1v) is 8.87. The Labute approximate surface area is 152 Å². The molecule has 0 bridgehead atoms. The van der Waals surface area contributed by atoms with E-state index in [2.05, 4.69) is 46.6 Å². The van der Waals surface area contributed by atoms with Crippen molar-refractivity contribution in [1.29, 1.82) is 0 Å². The fourth-order valence-corrected chi connectivity index (χ4v) is 3.52. The normalized spacial score (nSPS) is 15.6. The minimum atomic E-state index is 0.413. The Hall–Kier alpha value is -2.84. The van der Waals surface area contributed by atoms with E-state index in [0.717, 1.165) is 49.1 Å². The molecule has 1 fully saturated rings. The summed E-state index contributed by atoms with van der Waals surface area (Å²) in [7, 11) is 2.03. The molecule has 3 aromatic rings. The quantitative estimate of drug-likeness (QED) is 0.697. The molecule has 1 aliphatic heterocycles. The average molecular weight is 353 g/mol. The van der Waals surface area contributed by atoms with Gasteiger partial charge < -0.3 is 9.47 Å². The van der Waals surface area contributed by atoms with Crippen molar-refractivity contribution in [2.24, 2.45) is 7.05 Å². The molecule has 0 atom stereocenters. The average Bonchev–Trinajstić information content (AvgIpc) is 3.29. The van der Waals surface area contributed by atoms with Gasteiger partial charge in [0, 0.05) is 37.3 Å². The highest BCUT2D eigenvalue weighted by Gasteiger charge is 2.26. The second-order valence-corrected chi connectivity index (χ2v) is 6.80. The van der Waals surface area contributed by atoms with Gasteiger partial charge in [0.15, 0.2) is 5.82 Å². The van der Waals surface area contributed by atoms with Crippen LogP contribution in [0.25, 0.3) is 0 Å². The molecule has 9 nitrogen and oxygen atoms in total. The highest BCUT2D eigenvalue weighted by Crippen LogP contribution is 2.30. The van der Waals surface area contributed by atoms with E-state index in [9.17, 15) is 0 Å². The molecular weight excluding hydrogens is 330 g/mol. The van der Waals surface area contributed by atoms with Crippen LogP contribution in [0.2, 0.25) is 0 Å². The fourth-order valence-electron chi connectivity index (χ4n) is 3.52. The van der Waals surface area contributed by atoms with Crippen molar-refractivity contribution < 1.29 is 0 Å². The minimum absolute atomic E-state index is 0.413. The smallest absolute Gasteiger partial charge is 0.154 e. The molecule has 3 aromatic heterocycles. The fraction of sp³-hybridized carbons (Fsp3) is 0.529. The number of hydrogen-bond acceptors (Lipinski definition) is 7. The molecule has 0 radical (unpaired) electrons. The van der Waals surface area contributed by atoms with Gasteiger partial charge in [-0.15, -0.1) is 10.2 Å². The third-order valence-corrected chi connectivity index (χ3v) is 5.24. The second kappa shape index (κ2) is 6.81. The van der Waals surface area contributed by atoms with Gasteiger partial charge >= 0.3 is 0 Å². The molecule has 0 amide bonds. The number of nitrogens with zero attached hydrogens (tertiary/aromatic N) is 9. The van der Waals surface area contributed by atoms with Crippen molar-refractivity contribution in [2.45, 2.75) is 39.2 Å². The molecule has 1 aliphatic rings. The minimum Gasteiger partial charge on any atom is -0.356 e. The summed E-state index contributed by atoms with van der Waals surface area (Å²) in [6.45, 7) is 6.64. The molecule has 0 saturated carbocycles. The summed E-state index contributed by atoms with van der Waals surface area (Å²) in [6.07, 6.45) is 6.96. The van der Waals surface area contributed by atoms with Gasteiger partial charge in [0.1, 0.15) is 37.2 Å². The van der Waals surface area contributed by atoms with E-state index in [1.165, 1.54) is 11.9 Å². The molecule has 0 aromatic carbocycles. The first kappa shape index (κ1) is 16.6. The van der Waals surface area contributed by atoms with Crippen molar-refractivity contribution in [1.82, 2.24) is 39.5 Å². The SMILES string of the molecule is Cc1ncnc(N2CCC(c3nnc(Cn4cncn4)n3C)CC2)c1C. The van der Waals surface area contributed by atoms with Crippen LogP contribution in [0.4, 0.5) is 5.82 Å². The van der Waals surface area contributed by atoms with Gasteiger partial charge in [-0.05, 0) is 26.7 Å². The molecule has 0 unspecified atom stereocenters. The Morgan fingerprint density at radius 1 is 1.08 bits per heavy atom. The topological polar surface area (TPSA) is 90.4 Å². The first-order valence-electron chi connectivity index (χ1n) is 8.87. The molecular formula is C17H23N9. The number of hydrogen-bond donors (Lipinski definition) is 0. The molecule has 0 aliphatic carbocycles. The lowest BCUT2D eigenvalue weighted by Crippen LogP contribution is -2.35. The highest BCUT2D eigenvalue weighted by molar-refractivity contribution is 5.47. The summed E-state index contributed by atoms with van der Waals surface area (Å²) in [4.78, 5) is 15.1. The van der Waals surface area contributed by atoms with Crippen LogP contribution >= 0.6 is 0 Å². The first-order chi connectivity index (χ1) is 12.6. The Balaban J connectivity index is 1.45. The third kappa shape index (κ3) is 3.04. The second-order valence-electron chi connectivity index (χ2n) is 6.80. The van der Waals surface area contributed by atoms with Gasteiger partial charge in [0.25, 0.3) is 0 Å². The van der Waals surface area contributed by atoms with Crippen LogP contribution in [-0.4, -0.2) is 52.6 Å². The number of anilines is 1. The van der Waals surface area contributed by atoms with Crippen molar-refractivity contribution in [3.8, 4) is 0 Å². The Bertz CT molecular complexity index is 876. The van der Waals surface area contributed by atoms with Crippen LogP contribution in [0.3, 0.4) is 0 Å². The van der Waals surface area contributed by atoms with Gasteiger partial charge in [-0.25, -0.2) is 19.6 Å². The van der Waals surface area contributed by atoms with Crippen LogP contribution in [0.5, 0.6) is 0 Å². The summed E-state index contributed by atoms with van der Waals surface area (Å²) in [5.74, 6) is 3.42. The van der Waals surface area contributed by atoms with Crippen LogP contribution in [0.1, 0.15) is 41.7 Å². The number of aromatic nitrogens is 8. The molecule has 1 saturated heterocycles. The summed E-state index contributed by atoms with van der Waals surface area (Å²) in [5, 5.41) is 13.0. The standard InChI is InChI=1S/C17H23N9/c1-12-13(2)19-10-20-16(12)25-6-4-14(5-7-25)17-23-22-15(24(17)3)8-26-11-18-9-21-26/h9-11,14H,4-8H2,1-3H3. The molecule has 9 heteroatoms. The van der Waals surface area contributed by atoms with Gasteiger partial charge in [0.2, 0.25) is 0 Å². The monoisotopic (exact) mass is 353 g/mol. The summed E-state index contributed by atoms with van der Waals surface area (Å²) < 4.78 is 3.86. The van der Waals surface area contributed by atoms with Crippen LogP contribution in [0, 0.1) is 13.8 Å². The lowest BCUT2D eigenvalue weighted by molar-refractivity contribution is 0.469. The van der Waals surface area contributed by atoms with Crippen LogP contribution in [0.15, 0.2) is 19.0 Å². The zero-order valence-electron chi connectivity index (χ0n) is 15.4. The van der Waals surface area contributed by atoms with Crippen LogP contribution < -0.4 is 4.90 Å². The van der Waals surface area contributed by atoms with Gasteiger partial charge in [-0.2, -0.15) is 5.10 Å². The lowest BCUT2D eigenvalue weighted by Gasteiger charge is -2.33. The van der Waals surface area contributed by atoms with E-state index in [1.807, 2.05) is 14.0 Å². The van der Waals surface area contributed by atoms with Gasteiger partial charge in [-0.1, -0.05) is 0 Å². The maximum atomic E-state index is 4.49. The molecule has 4 heterocycles. The summed E-state index contributed by atoms with van der Waals surface area (Å²) >= 11 is 0. The van der Waals surface area contributed by atoms with E-state index in [-0.39, 0.29) is 0 Å². The molecule has 0 N–H and O–H groups in total. The molecule has 26 heavy (non-hydrogen) atoms. The van der Waals surface area contributed by atoms with E-state index in [0.29, 0.717) is 12.5 Å². The summed E-state index contributed by atoms with van der Waals surface area (Å²) in [5.41, 5.74) is 2.21. The highest BCUT2D eigenvalue weighted by atomic mass is 15.4. The van der Waals surface area contributed by atoms with Crippen molar-refractivity contribution >= 4 is 5.82 Å². The lowest BCUT2D eigenvalue weighted by atomic mass is 9.95. The Kier molecular flexibility index (Phi) is 4.36. The van der Waals surface area contributed by atoms with E-state index >= 15 is 0 Å². The number of aryl methyl sites for hydroxylation is 1. The molecule has 4 rings (SSSR count).